The Morgan fingerprint density at radius 1 is 1.14 bits per heavy atom. The Kier molecular flexibility index (Phi) is 4.22. The molecule has 0 saturated heterocycles. The molecule has 2 aromatic carbocycles. The van der Waals surface area contributed by atoms with E-state index in [4.69, 9.17) is 16.3 Å². The van der Waals surface area contributed by atoms with E-state index in [1.807, 2.05) is 31.2 Å². The highest BCUT2D eigenvalue weighted by Gasteiger charge is 2.15. The largest absolute Gasteiger partial charge is 0.420 e. The molecule has 1 heterocycles. The van der Waals surface area contributed by atoms with E-state index < -0.39 is 5.97 Å². The maximum Gasteiger partial charge on any atom is 0.363 e. The summed E-state index contributed by atoms with van der Waals surface area (Å²) in [6.07, 6.45) is 0. The third kappa shape index (κ3) is 3.18. The van der Waals surface area contributed by atoms with Crippen LogP contribution in [-0.4, -0.2) is 11.0 Å². The summed E-state index contributed by atoms with van der Waals surface area (Å²) >= 11 is 7.38. The lowest BCUT2D eigenvalue weighted by atomic mass is 10.2. The van der Waals surface area contributed by atoms with Crippen molar-refractivity contribution in [3.05, 3.63) is 70.2 Å². The zero-order chi connectivity index (χ0) is 15.5. The molecule has 0 atom stereocenters. The molecular formula is C17H12ClNO2S. The van der Waals surface area contributed by atoms with Gasteiger partial charge in [-0.3, -0.25) is 0 Å². The molecule has 3 aromatic rings. The normalized spacial score (nSPS) is 10.5. The average Bonchev–Trinajstić information content (AvgIpc) is 3.00. The molecule has 0 amide bonds. The van der Waals surface area contributed by atoms with Gasteiger partial charge in [0.1, 0.15) is 10.8 Å². The maximum atomic E-state index is 12.1. The number of benzene rings is 2. The molecule has 3 nitrogen and oxygen atoms in total. The van der Waals surface area contributed by atoms with Crippen LogP contribution in [0.3, 0.4) is 0 Å². The second-order valence-corrected chi connectivity index (χ2v) is 5.99. The topological polar surface area (TPSA) is 39.2 Å². The van der Waals surface area contributed by atoms with E-state index in [9.17, 15) is 4.79 Å². The van der Waals surface area contributed by atoms with Gasteiger partial charge in [-0.1, -0.05) is 53.6 Å². The molecule has 3 rings (SSSR count). The predicted molar refractivity (Wildman–Crippen MR) is 88.7 cm³/mol. The highest BCUT2D eigenvalue weighted by molar-refractivity contribution is 7.13. The van der Waals surface area contributed by atoms with Crippen LogP contribution in [0.2, 0.25) is 5.02 Å². The van der Waals surface area contributed by atoms with E-state index in [-0.39, 0.29) is 5.69 Å². The maximum absolute atomic E-state index is 12.1. The number of aryl methyl sites for hydroxylation is 1. The van der Waals surface area contributed by atoms with Gasteiger partial charge >= 0.3 is 5.97 Å². The van der Waals surface area contributed by atoms with Gasteiger partial charge in [-0.15, -0.1) is 11.3 Å². The van der Waals surface area contributed by atoms with Crippen molar-refractivity contribution in [1.29, 1.82) is 0 Å². The second-order valence-electron chi connectivity index (χ2n) is 4.72. The fourth-order valence-corrected chi connectivity index (χ4v) is 2.85. The van der Waals surface area contributed by atoms with Gasteiger partial charge < -0.3 is 4.74 Å². The first-order chi connectivity index (χ1) is 10.6. The number of nitrogens with zero attached hydrogens (tertiary/aromatic N) is 1. The summed E-state index contributed by atoms with van der Waals surface area (Å²) in [5.74, 6) is -0.179. The molecule has 0 aliphatic carbocycles. The van der Waals surface area contributed by atoms with Crippen molar-refractivity contribution in [3.8, 4) is 16.3 Å². The van der Waals surface area contributed by atoms with Crippen molar-refractivity contribution >= 4 is 28.9 Å². The van der Waals surface area contributed by atoms with Gasteiger partial charge in [-0.2, -0.15) is 0 Å². The number of carbonyl (C=O) groups is 1. The zero-order valence-electron chi connectivity index (χ0n) is 11.7. The highest BCUT2D eigenvalue weighted by atomic mass is 35.5. The molecule has 0 N–H and O–H groups in total. The highest BCUT2D eigenvalue weighted by Crippen LogP contribution is 2.27. The van der Waals surface area contributed by atoms with E-state index in [0.29, 0.717) is 10.8 Å². The summed E-state index contributed by atoms with van der Waals surface area (Å²) in [5.41, 5.74) is 2.44. The van der Waals surface area contributed by atoms with Gasteiger partial charge in [0, 0.05) is 10.9 Å². The van der Waals surface area contributed by atoms with E-state index in [2.05, 4.69) is 4.98 Å². The SMILES string of the molecule is Cc1ccc(-c2nc(C(=O)Oc3ccccc3Cl)cs2)cc1. The Labute approximate surface area is 137 Å². The van der Waals surface area contributed by atoms with Crippen LogP contribution in [0.15, 0.2) is 53.9 Å². The number of esters is 1. The summed E-state index contributed by atoms with van der Waals surface area (Å²) in [6, 6.07) is 14.8. The first kappa shape index (κ1) is 14.8. The van der Waals surface area contributed by atoms with Crippen molar-refractivity contribution in [1.82, 2.24) is 4.98 Å². The van der Waals surface area contributed by atoms with Crippen molar-refractivity contribution in [2.24, 2.45) is 0 Å². The summed E-state index contributed by atoms with van der Waals surface area (Å²) < 4.78 is 5.27. The predicted octanol–water partition coefficient (Wildman–Crippen LogP) is 4.99. The minimum absolute atomic E-state index is 0.278. The van der Waals surface area contributed by atoms with E-state index in [1.54, 1.807) is 29.6 Å². The van der Waals surface area contributed by atoms with Gasteiger partial charge in [0.2, 0.25) is 0 Å². The molecule has 5 heteroatoms. The second kappa shape index (κ2) is 6.30. The summed E-state index contributed by atoms with van der Waals surface area (Å²) in [4.78, 5) is 16.5. The smallest absolute Gasteiger partial charge is 0.363 e. The van der Waals surface area contributed by atoms with Gasteiger partial charge in [0.05, 0.1) is 5.02 Å². The molecule has 0 fully saturated rings. The van der Waals surface area contributed by atoms with Crippen LogP contribution >= 0.6 is 22.9 Å². The number of rotatable bonds is 3. The molecule has 0 unspecified atom stereocenters. The van der Waals surface area contributed by atoms with Crippen LogP contribution < -0.4 is 4.74 Å². The minimum atomic E-state index is -0.511. The molecule has 0 aliphatic rings. The molecule has 0 radical (unpaired) electrons. The van der Waals surface area contributed by atoms with Crippen molar-refractivity contribution < 1.29 is 9.53 Å². The van der Waals surface area contributed by atoms with Crippen LogP contribution in [0, 0.1) is 6.92 Å². The summed E-state index contributed by atoms with van der Waals surface area (Å²) in [5, 5.41) is 2.87. The molecule has 1 aromatic heterocycles. The number of hydrogen-bond donors (Lipinski definition) is 0. The van der Waals surface area contributed by atoms with Gasteiger partial charge in [0.15, 0.2) is 5.69 Å². The van der Waals surface area contributed by atoms with E-state index in [0.717, 1.165) is 10.6 Å². The minimum Gasteiger partial charge on any atom is -0.420 e. The summed E-state index contributed by atoms with van der Waals surface area (Å²) in [7, 11) is 0. The third-order valence-electron chi connectivity index (χ3n) is 3.05. The molecule has 0 aliphatic heterocycles. The molecule has 22 heavy (non-hydrogen) atoms. The molecule has 0 bridgehead atoms. The number of para-hydroxylation sites is 1. The van der Waals surface area contributed by atoms with Gasteiger partial charge in [0.25, 0.3) is 0 Å². The fourth-order valence-electron chi connectivity index (χ4n) is 1.88. The number of carbonyl (C=O) groups excluding carboxylic acids is 1. The van der Waals surface area contributed by atoms with Crippen LogP contribution in [0.1, 0.15) is 16.1 Å². The van der Waals surface area contributed by atoms with Crippen molar-refractivity contribution in [2.45, 2.75) is 6.92 Å². The van der Waals surface area contributed by atoms with Crippen LogP contribution in [0.25, 0.3) is 10.6 Å². The van der Waals surface area contributed by atoms with E-state index in [1.165, 1.54) is 16.9 Å². The lowest BCUT2D eigenvalue weighted by molar-refractivity contribution is 0.0729. The van der Waals surface area contributed by atoms with Gasteiger partial charge in [-0.25, -0.2) is 9.78 Å². The third-order valence-corrected chi connectivity index (χ3v) is 4.25. The van der Waals surface area contributed by atoms with Crippen molar-refractivity contribution in [2.75, 3.05) is 0 Å². The molecular weight excluding hydrogens is 318 g/mol. The lowest BCUT2D eigenvalue weighted by Gasteiger charge is -2.03. The number of aromatic nitrogens is 1. The van der Waals surface area contributed by atoms with Gasteiger partial charge in [-0.05, 0) is 19.1 Å². The quantitative estimate of drug-likeness (QED) is 0.502. The average molecular weight is 330 g/mol. The molecule has 0 spiro atoms. The Morgan fingerprint density at radius 3 is 2.59 bits per heavy atom. The first-order valence-corrected chi connectivity index (χ1v) is 7.88. The monoisotopic (exact) mass is 329 g/mol. The first-order valence-electron chi connectivity index (χ1n) is 6.63. The Morgan fingerprint density at radius 2 is 1.86 bits per heavy atom. The Bertz CT molecular complexity index is 812. The summed E-state index contributed by atoms with van der Waals surface area (Å²) in [6.45, 7) is 2.03. The van der Waals surface area contributed by atoms with Crippen molar-refractivity contribution in [3.63, 3.8) is 0 Å². The number of thiazole rings is 1. The van der Waals surface area contributed by atoms with Crippen LogP contribution in [0.5, 0.6) is 5.75 Å². The molecule has 110 valence electrons. The molecule has 0 saturated carbocycles. The van der Waals surface area contributed by atoms with E-state index >= 15 is 0 Å². The fraction of sp³-hybridized carbons (Fsp3) is 0.0588. The van der Waals surface area contributed by atoms with Crippen LogP contribution in [-0.2, 0) is 0 Å². The number of halogens is 1. The number of hydrogen-bond acceptors (Lipinski definition) is 4. The van der Waals surface area contributed by atoms with Crippen LogP contribution in [0.4, 0.5) is 0 Å². The number of ether oxygens (including phenoxy) is 1. The standard InChI is InChI=1S/C17H12ClNO2S/c1-11-6-8-12(9-7-11)16-19-14(10-22-16)17(20)21-15-5-3-2-4-13(15)18/h2-10H,1H3. The lowest BCUT2D eigenvalue weighted by Crippen LogP contribution is -2.09. The Hall–Kier alpha value is -2.17. The Balaban J connectivity index is 1.80. The zero-order valence-corrected chi connectivity index (χ0v) is 13.3.